The molecule has 0 radical (unpaired) electrons. The van der Waals surface area contributed by atoms with E-state index in [4.69, 9.17) is 5.73 Å². The van der Waals surface area contributed by atoms with Gasteiger partial charge >= 0.3 is 0 Å². The Labute approximate surface area is 123 Å². The molecule has 106 valence electrons. The van der Waals surface area contributed by atoms with Crippen LogP contribution in [0.4, 0.5) is 5.13 Å². The number of nitrogens with zero attached hydrogens (tertiary/aromatic N) is 3. The van der Waals surface area contributed by atoms with E-state index in [0.717, 1.165) is 26.2 Å². The summed E-state index contributed by atoms with van der Waals surface area (Å²) in [4.78, 5) is 10.3. The molecule has 20 heavy (non-hydrogen) atoms. The fraction of sp³-hybridized carbons (Fsp3) is 0.400. The molecular weight excluding hydrogens is 268 g/mol. The summed E-state index contributed by atoms with van der Waals surface area (Å²) in [6.45, 7) is 4.19. The van der Waals surface area contributed by atoms with Gasteiger partial charge in [-0.15, -0.1) is 11.3 Å². The summed E-state index contributed by atoms with van der Waals surface area (Å²) in [5.41, 5.74) is 7.12. The summed E-state index contributed by atoms with van der Waals surface area (Å²) in [7, 11) is 2.19. The van der Waals surface area contributed by atoms with Gasteiger partial charge in [0.2, 0.25) is 0 Å². The number of nitrogen functional groups attached to an aromatic ring is 1. The molecule has 1 saturated heterocycles. The minimum absolute atomic E-state index is 0.443. The number of hydrogen-bond acceptors (Lipinski definition) is 5. The first-order valence-electron chi connectivity index (χ1n) is 6.90. The molecular formula is C15H20N4S. The SMILES string of the molecule is CN1CCN(Cc2cnc(N)s2)C(c2ccccc2)C1. The molecule has 1 aliphatic heterocycles. The van der Waals surface area contributed by atoms with E-state index in [0.29, 0.717) is 11.2 Å². The molecule has 0 bridgehead atoms. The third-order valence-corrected chi connectivity index (χ3v) is 4.62. The molecule has 1 aromatic carbocycles. The van der Waals surface area contributed by atoms with Crippen LogP contribution in [0.5, 0.6) is 0 Å². The predicted octanol–water partition coefficient (Wildman–Crippen LogP) is 2.21. The second-order valence-electron chi connectivity index (χ2n) is 5.32. The van der Waals surface area contributed by atoms with Gasteiger partial charge in [0.05, 0.1) is 0 Å². The second kappa shape index (κ2) is 5.91. The number of rotatable bonds is 3. The van der Waals surface area contributed by atoms with E-state index < -0.39 is 0 Å². The van der Waals surface area contributed by atoms with Crippen molar-refractivity contribution in [2.45, 2.75) is 12.6 Å². The minimum atomic E-state index is 0.443. The third-order valence-electron chi connectivity index (χ3n) is 3.81. The van der Waals surface area contributed by atoms with Crippen LogP contribution in [-0.2, 0) is 6.54 Å². The summed E-state index contributed by atoms with van der Waals surface area (Å²) >= 11 is 1.59. The first-order chi connectivity index (χ1) is 9.72. The lowest BCUT2D eigenvalue weighted by molar-refractivity contribution is 0.0842. The average molecular weight is 288 g/mol. The van der Waals surface area contributed by atoms with Gasteiger partial charge in [0, 0.05) is 43.3 Å². The van der Waals surface area contributed by atoms with E-state index in [-0.39, 0.29) is 0 Å². The maximum Gasteiger partial charge on any atom is 0.180 e. The zero-order valence-electron chi connectivity index (χ0n) is 11.7. The summed E-state index contributed by atoms with van der Waals surface area (Å²) in [6, 6.07) is 11.2. The largest absolute Gasteiger partial charge is 0.375 e. The number of anilines is 1. The molecule has 2 N–H and O–H groups in total. The van der Waals surface area contributed by atoms with Crippen molar-refractivity contribution in [3.05, 3.63) is 47.0 Å². The highest BCUT2D eigenvalue weighted by Crippen LogP contribution is 2.28. The van der Waals surface area contributed by atoms with Crippen LogP contribution < -0.4 is 5.73 Å². The van der Waals surface area contributed by atoms with E-state index in [9.17, 15) is 0 Å². The quantitative estimate of drug-likeness (QED) is 0.940. The molecule has 4 nitrogen and oxygen atoms in total. The average Bonchev–Trinajstić information content (AvgIpc) is 2.87. The number of nitrogens with two attached hydrogens (primary N) is 1. The fourth-order valence-electron chi connectivity index (χ4n) is 2.73. The van der Waals surface area contributed by atoms with Gasteiger partial charge in [-0.05, 0) is 12.6 Å². The maximum absolute atomic E-state index is 5.73. The van der Waals surface area contributed by atoms with Crippen molar-refractivity contribution in [2.75, 3.05) is 32.4 Å². The number of thiazole rings is 1. The van der Waals surface area contributed by atoms with Crippen LogP contribution in [0.15, 0.2) is 36.5 Å². The van der Waals surface area contributed by atoms with Crippen molar-refractivity contribution >= 4 is 16.5 Å². The standard InChI is InChI=1S/C15H20N4S/c1-18-7-8-19(10-13-9-17-15(16)20-13)14(11-18)12-5-3-2-4-6-12/h2-6,9,14H,7-8,10-11H2,1H3,(H2,16,17). The van der Waals surface area contributed by atoms with Crippen molar-refractivity contribution < 1.29 is 0 Å². The van der Waals surface area contributed by atoms with Gasteiger partial charge in [0.1, 0.15) is 0 Å². The van der Waals surface area contributed by atoms with Crippen LogP contribution in [-0.4, -0.2) is 41.5 Å². The Morgan fingerprint density at radius 2 is 2.10 bits per heavy atom. The van der Waals surface area contributed by atoms with E-state index in [2.05, 4.69) is 52.2 Å². The normalized spacial score (nSPS) is 21.1. The molecule has 1 aliphatic rings. The summed E-state index contributed by atoms with van der Waals surface area (Å²) in [5, 5.41) is 0.658. The van der Waals surface area contributed by atoms with Crippen LogP contribution >= 0.6 is 11.3 Å². The Balaban J connectivity index is 1.80. The van der Waals surface area contributed by atoms with Crippen molar-refractivity contribution in [3.63, 3.8) is 0 Å². The highest BCUT2D eigenvalue weighted by molar-refractivity contribution is 7.15. The lowest BCUT2D eigenvalue weighted by Gasteiger charge is -2.40. The number of likely N-dealkylation sites (N-methyl/N-ethyl adjacent to an activating group) is 1. The van der Waals surface area contributed by atoms with E-state index in [1.165, 1.54) is 10.4 Å². The van der Waals surface area contributed by atoms with Crippen molar-refractivity contribution in [2.24, 2.45) is 0 Å². The van der Waals surface area contributed by atoms with Crippen molar-refractivity contribution in [1.29, 1.82) is 0 Å². The molecule has 1 fully saturated rings. The Morgan fingerprint density at radius 3 is 2.80 bits per heavy atom. The molecule has 2 aromatic rings. The molecule has 0 aliphatic carbocycles. The molecule has 1 aromatic heterocycles. The molecule has 0 saturated carbocycles. The van der Waals surface area contributed by atoms with E-state index in [1.807, 2.05) is 6.20 Å². The Morgan fingerprint density at radius 1 is 1.30 bits per heavy atom. The van der Waals surface area contributed by atoms with Crippen LogP contribution in [0.3, 0.4) is 0 Å². The molecule has 1 atom stereocenters. The first-order valence-corrected chi connectivity index (χ1v) is 7.72. The Kier molecular flexibility index (Phi) is 4.00. The van der Waals surface area contributed by atoms with E-state index >= 15 is 0 Å². The summed E-state index contributed by atoms with van der Waals surface area (Å²) < 4.78 is 0. The van der Waals surface area contributed by atoms with Crippen LogP contribution in [0, 0.1) is 0 Å². The maximum atomic E-state index is 5.73. The number of hydrogen-bond donors (Lipinski definition) is 1. The molecule has 2 heterocycles. The zero-order chi connectivity index (χ0) is 13.9. The summed E-state index contributed by atoms with van der Waals surface area (Å²) in [5.74, 6) is 0. The zero-order valence-corrected chi connectivity index (χ0v) is 12.5. The minimum Gasteiger partial charge on any atom is -0.375 e. The van der Waals surface area contributed by atoms with Gasteiger partial charge in [0.15, 0.2) is 5.13 Å². The molecule has 3 rings (SSSR count). The number of benzene rings is 1. The molecule has 0 amide bonds. The monoisotopic (exact) mass is 288 g/mol. The van der Waals surface area contributed by atoms with Gasteiger partial charge in [0.25, 0.3) is 0 Å². The molecule has 0 spiro atoms. The van der Waals surface area contributed by atoms with Crippen LogP contribution in [0.25, 0.3) is 0 Å². The topological polar surface area (TPSA) is 45.4 Å². The number of aromatic nitrogens is 1. The lowest BCUT2D eigenvalue weighted by Crippen LogP contribution is -2.46. The third kappa shape index (κ3) is 3.00. The fourth-order valence-corrected chi connectivity index (χ4v) is 3.44. The van der Waals surface area contributed by atoms with Gasteiger partial charge in [-0.3, -0.25) is 4.90 Å². The van der Waals surface area contributed by atoms with Gasteiger partial charge < -0.3 is 10.6 Å². The van der Waals surface area contributed by atoms with Crippen molar-refractivity contribution in [3.8, 4) is 0 Å². The highest BCUT2D eigenvalue weighted by atomic mass is 32.1. The van der Waals surface area contributed by atoms with Gasteiger partial charge in [-0.2, -0.15) is 0 Å². The highest BCUT2D eigenvalue weighted by Gasteiger charge is 2.26. The molecule has 1 unspecified atom stereocenters. The number of piperazine rings is 1. The van der Waals surface area contributed by atoms with Gasteiger partial charge in [-0.25, -0.2) is 4.98 Å². The lowest BCUT2D eigenvalue weighted by atomic mass is 10.0. The van der Waals surface area contributed by atoms with Crippen molar-refractivity contribution in [1.82, 2.24) is 14.8 Å². The Bertz CT molecular complexity index is 554. The van der Waals surface area contributed by atoms with Crippen LogP contribution in [0.1, 0.15) is 16.5 Å². The summed E-state index contributed by atoms with van der Waals surface area (Å²) in [6.07, 6.45) is 1.90. The van der Waals surface area contributed by atoms with E-state index in [1.54, 1.807) is 11.3 Å². The van der Waals surface area contributed by atoms with Crippen LogP contribution in [0.2, 0.25) is 0 Å². The smallest absolute Gasteiger partial charge is 0.180 e. The molecule has 5 heteroatoms. The Hall–Kier alpha value is -1.43. The first kappa shape index (κ1) is 13.5. The predicted molar refractivity (Wildman–Crippen MR) is 83.6 cm³/mol. The second-order valence-corrected chi connectivity index (χ2v) is 6.47. The van der Waals surface area contributed by atoms with Gasteiger partial charge in [-0.1, -0.05) is 30.3 Å².